The molecule has 25 heavy (non-hydrogen) atoms. The second-order valence-electron chi connectivity index (χ2n) is 5.17. The monoisotopic (exact) mass is 383 g/mol. The lowest BCUT2D eigenvalue weighted by Crippen LogP contribution is -2.19. The summed E-state index contributed by atoms with van der Waals surface area (Å²) in [6.07, 6.45) is 2.63. The molecule has 0 amide bonds. The molecular formula is C15H14ClN3O5S. The maximum absolute atomic E-state index is 12.1. The van der Waals surface area contributed by atoms with Gasteiger partial charge in [-0.05, 0) is 43.3 Å². The van der Waals surface area contributed by atoms with Gasteiger partial charge in [-0.2, -0.15) is 0 Å². The Labute approximate surface area is 147 Å². The van der Waals surface area contributed by atoms with E-state index in [9.17, 15) is 13.2 Å². The summed E-state index contributed by atoms with van der Waals surface area (Å²) in [7, 11) is -2.49. The van der Waals surface area contributed by atoms with E-state index < -0.39 is 15.8 Å². The molecule has 0 bridgehead atoms. The van der Waals surface area contributed by atoms with Gasteiger partial charge in [0.2, 0.25) is 10.0 Å². The van der Waals surface area contributed by atoms with Crippen molar-refractivity contribution in [1.82, 2.24) is 14.9 Å². The zero-order valence-corrected chi connectivity index (χ0v) is 14.6. The highest BCUT2D eigenvalue weighted by Crippen LogP contribution is 2.31. The molecule has 2 N–H and O–H groups in total. The van der Waals surface area contributed by atoms with Crippen LogP contribution in [0.1, 0.15) is 11.3 Å². The number of hydrogen-bond donors (Lipinski definition) is 2. The topological polar surface area (TPSA) is 118 Å². The highest BCUT2D eigenvalue weighted by atomic mass is 35.5. The first kappa shape index (κ1) is 17.5. The number of rotatable bonds is 6. The SMILES string of the molecule is CNS(=O)(=O)c1cc(-c2noc(=O)[nH]2)c(CCc2ccco2)cc1Cl. The summed E-state index contributed by atoms with van der Waals surface area (Å²) in [5, 5.41) is 3.71. The van der Waals surface area contributed by atoms with Crippen LogP contribution in [0.25, 0.3) is 11.4 Å². The van der Waals surface area contributed by atoms with Gasteiger partial charge in [-0.1, -0.05) is 16.8 Å². The molecule has 2 aromatic heterocycles. The molecule has 0 atom stereocenters. The van der Waals surface area contributed by atoms with Crippen molar-refractivity contribution in [2.45, 2.75) is 17.7 Å². The van der Waals surface area contributed by atoms with Gasteiger partial charge >= 0.3 is 5.76 Å². The van der Waals surface area contributed by atoms with Gasteiger partial charge in [0.15, 0.2) is 5.82 Å². The number of hydrogen-bond acceptors (Lipinski definition) is 6. The first-order valence-corrected chi connectivity index (χ1v) is 9.11. The molecule has 0 aliphatic rings. The van der Waals surface area contributed by atoms with Crippen molar-refractivity contribution in [2.24, 2.45) is 0 Å². The molecule has 3 aromatic rings. The summed E-state index contributed by atoms with van der Waals surface area (Å²) in [5.41, 5.74) is 1.11. The zero-order chi connectivity index (χ0) is 18.0. The molecule has 10 heteroatoms. The third-order valence-electron chi connectivity index (χ3n) is 3.63. The van der Waals surface area contributed by atoms with Crippen LogP contribution in [0, 0.1) is 0 Å². The number of aromatic amines is 1. The predicted molar refractivity (Wildman–Crippen MR) is 89.9 cm³/mol. The minimum atomic E-state index is -3.78. The lowest BCUT2D eigenvalue weighted by Gasteiger charge is -2.11. The third-order valence-corrected chi connectivity index (χ3v) is 5.51. The predicted octanol–water partition coefficient (Wildman–Crippen LogP) is 1.97. The summed E-state index contributed by atoms with van der Waals surface area (Å²) in [5.74, 6) is 0.159. The van der Waals surface area contributed by atoms with Gasteiger partial charge < -0.3 is 4.42 Å². The van der Waals surface area contributed by atoms with Gasteiger partial charge in [0.25, 0.3) is 0 Å². The van der Waals surface area contributed by atoms with Crippen molar-refractivity contribution in [1.29, 1.82) is 0 Å². The van der Waals surface area contributed by atoms with Crippen LogP contribution in [0.15, 0.2) is 49.2 Å². The molecule has 0 saturated heterocycles. The number of nitrogens with one attached hydrogen (secondary N) is 2. The van der Waals surface area contributed by atoms with Crippen LogP contribution < -0.4 is 10.5 Å². The summed E-state index contributed by atoms with van der Waals surface area (Å²) < 4.78 is 36.3. The van der Waals surface area contributed by atoms with Gasteiger partial charge in [0.05, 0.1) is 11.3 Å². The average Bonchev–Trinajstić information content (AvgIpc) is 3.24. The second kappa shape index (κ2) is 6.87. The van der Waals surface area contributed by atoms with E-state index in [1.165, 1.54) is 19.2 Å². The van der Waals surface area contributed by atoms with Crippen molar-refractivity contribution in [3.8, 4) is 11.4 Å². The lowest BCUT2D eigenvalue weighted by molar-refractivity contribution is 0.388. The molecule has 0 aliphatic heterocycles. The Bertz CT molecular complexity index is 1040. The molecule has 3 rings (SSSR count). The summed E-state index contributed by atoms with van der Waals surface area (Å²) >= 11 is 6.16. The number of H-pyrrole nitrogens is 1. The molecule has 0 spiro atoms. The molecule has 0 fully saturated rings. The summed E-state index contributed by atoms with van der Waals surface area (Å²) in [4.78, 5) is 13.6. The fourth-order valence-electron chi connectivity index (χ4n) is 2.40. The van der Waals surface area contributed by atoms with E-state index in [0.717, 1.165) is 5.76 Å². The van der Waals surface area contributed by atoms with Gasteiger partial charge in [0, 0.05) is 12.0 Å². The molecule has 0 radical (unpaired) electrons. The Morgan fingerprint density at radius 1 is 1.32 bits per heavy atom. The molecule has 2 heterocycles. The quantitative estimate of drug-likeness (QED) is 0.671. The lowest BCUT2D eigenvalue weighted by atomic mass is 10.0. The van der Waals surface area contributed by atoms with Crippen LogP contribution >= 0.6 is 11.6 Å². The molecule has 0 aliphatic carbocycles. The third kappa shape index (κ3) is 3.68. The van der Waals surface area contributed by atoms with Crippen LogP contribution in [0.4, 0.5) is 0 Å². The number of aryl methyl sites for hydroxylation is 2. The average molecular weight is 384 g/mol. The van der Waals surface area contributed by atoms with Crippen LogP contribution in [0.2, 0.25) is 5.02 Å². The van der Waals surface area contributed by atoms with Crippen LogP contribution in [0.5, 0.6) is 0 Å². The summed E-state index contributed by atoms with van der Waals surface area (Å²) in [6, 6.07) is 6.51. The number of benzene rings is 1. The van der Waals surface area contributed by atoms with E-state index >= 15 is 0 Å². The van der Waals surface area contributed by atoms with E-state index in [4.69, 9.17) is 16.0 Å². The van der Waals surface area contributed by atoms with Crippen molar-refractivity contribution in [2.75, 3.05) is 7.05 Å². The summed E-state index contributed by atoms with van der Waals surface area (Å²) in [6.45, 7) is 0. The number of sulfonamides is 1. The van der Waals surface area contributed by atoms with Gasteiger partial charge in [-0.3, -0.25) is 9.51 Å². The van der Waals surface area contributed by atoms with Crippen molar-refractivity contribution >= 4 is 21.6 Å². The molecule has 1 aromatic carbocycles. The smallest absolute Gasteiger partial charge is 0.439 e. The molecule has 0 saturated carbocycles. The van der Waals surface area contributed by atoms with Gasteiger partial charge in [-0.25, -0.2) is 17.9 Å². The first-order valence-electron chi connectivity index (χ1n) is 7.25. The van der Waals surface area contributed by atoms with Crippen LogP contribution in [-0.2, 0) is 22.9 Å². The first-order chi connectivity index (χ1) is 11.9. The Balaban J connectivity index is 2.09. The van der Waals surface area contributed by atoms with Crippen molar-refractivity contribution < 1.29 is 17.4 Å². The van der Waals surface area contributed by atoms with E-state index in [0.29, 0.717) is 24.0 Å². The molecular weight excluding hydrogens is 370 g/mol. The second-order valence-corrected chi connectivity index (χ2v) is 7.43. The Morgan fingerprint density at radius 2 is 2.12 bits per heavy atom. The Kier molecular flexibility index (Phi) is 4.80. The van der Waals surface area contributed by atoms with Crippen LogP contribution in [-0.4, -0.2) is 25.6 Å². The van der Waals surface area contributed by atoms with E-state index in [1.54, 1.807) is 12.3 Å². The number of aromatic nitrogens is 2. The van der Waals surface area contributed by atoms with Crippen molar-refractivity contribution in [3.05, 3.63) is 57.4 Å². The van der Waals surface area contributed by atoms with Gasteiger partial charge in [-0.15, -0.1) is 0 Å². The number of halogens is 1. The standard InChI is InChI=1S/C15H14ClN3O5S/c1-17-25(21,22)13-8-11(14-18-15(20)24-19-14)9(7-12(13)16)4-5-10-3-2-6-23-10/h2-3,6-8,17H,4-5H2,1H3,(H,18,19,20). The largest absolute Gasteiger partial charge is 0.469 e. The fraction of sp³-hybridized carbons (Fsp3) is 0.200. The zero-order valence-electron chi connectivity index (χ0n) is 13.1. The van der Waals surface area contributed by atoms with E-state index in [2.05, 4.69) is 19.4 Å². The fourth-order valence-corrected chi connectivity index (χ4v) is 3.70. The highest BCUT2D eigenvalue weighted by molar-refractivity contribution is 7.89. The van der Waals surface area contributed by atoms with Gasteiger partial charge in [0.1, 0.15) is 10.7 Å². The molecule has 132 valence electrons. The number of nitrogens with zero attached hydrogens (tertiary/aromatic N) is 1. The maximum atomic E-state index is 12.1. The minimum Gasteiger partial charge on any atom is -0.469 e. The maximum Gasteiger partial charge on any atom is 0.439 e. The normalized spacial score (nSPS) is 11.8. The highest BCUT2D eigenvalue weighted by Gasteiger charge is 2.21. The van der Waals surface area contributed by atoms with E-state index in [1.807, 2.05) is 6.07 Å². The van der Waals surface area contributed by atoms with Crippen molar-refractivity contribution in [3.63, 3.8) is 0 Å². The van der Waals surface area contributed by atoms with Crippen LogP contribution in [0.3, 0.4) is 0 Å². The molecule has 8 nitrogen and oxygen atoms in total. The minimum absolute atomic E-state index is 0.0680. The number of furan rings is 1. The molecule has 0 unspecified atom stereocenters. The van der Waals surface area contributed by atoms with E-state index in [-0.39, 0.29) is 15.7 Å². The Hall–Kier alpha value is -2.36. The Morgan fingerprint density at radius 3 is 2.72 bits per heavy atom.